The Kier molecular flexibility index (Phi) is 6.30. The number of nitrogens with one attached hydrogen (secondary N) is 1. The van der Waals surface area contributed by atoms with Crippen LogP contribution in [0.15, 0.2) is 59.8 Å². The van der Waals surface area contributed by atoms with Gasteiger partial charge in [0.15, 0.2) is 0 Å². The Hall–Kier alpha value is -3.29. The lowest BCUT2D eigenvalue weighted by molar-refractivity contribution is 0.263. The zero-order chi connectivity index (χ0) is 23.7. The predicted octanol–water partition coefficient (Wildman–Crippen LogP) is 4.70. The van der Waals surface area contributed by atoms with Crippen LogP contribution < -0.4 is 10.9 Å². The second-order valence-corrected chi connectivity index (χ2v) is 9.15. The summed E-state index contributed by atoms with van der Waals surface area (Å²) in [6.07, 6.45) is 7.40. The number of likely N-dealkylation sites (tertiary alicyclic amines) is 1. The highest BCUT2D eigenvalue weighted by atomic mass is 35.5. The molecular formula is C26H27ClN6O. The highest BCUT2D eigenvalue weighted by Gasteiger charge is 2.19. The number of hydrogen-bond acceptors (Lipinski definition) is 6. The number of hydrogen-bond donors (Lipinski definition) is 1. The van der Waals surface area contributed by atoms with Gasteiger partial charge in [-0.25, -0.2) is 4.98 Å². The van der Waals surface area contributed by atoms with E-state index >= 15 is 0 Å². The molecule has 4 heterocycles. The van der Waals surface area contributed by atoms with Gasteiger partial charge >= 0.3 is 0 Å². The second kappa shape index (κ2) is 9.52. The maximum atomic E-state index is 13.5. The summed E-state index contributed by atoms with van der Waals surface area (Å²) < 4.78 is 1.69. The minimum atomic E-state index is -0.116. The largest absolute Gasteiger partial charge is 0.351 e. The number of halogens is 1. The van der Waals surface area contributed by atoms with Crippen LogP contribution in [0.25, 0.3) is 33.3 Å². The van der Waals surface area contributed by atoms with E-state index in [9.17, 15) is 4.79 Å². The molecule has 1 aromatic carbocycles. The van der Waals surface area contributed by atoms with Gasteiger partial charge in [-0.2, -0.15) is 4.98 Å². The summed E-state index contributed by atoms with van der Waals surface area (Å²) in [7, 11) is 2.14. The van der Waals surface area contributed by atoms with Crippen molar-refractivity contribution in [2.45, 2.75) is 32.4 Å². The summed E-state index contributed by atoms with van der Waals surface area (Å²) in [5.41, 5.74) is 3.67. The minimum Gasteiger partial charge on any atom is -0.351 e. The van der Waals surface area contributed by atoms with E-state index in [1.54, 1.807) is 23.2 Å². The first kappa shape index (κ1) is 22.5. The Labute approximate surface area is 203 Å². The topological polar surface area (TPSA) is 75.9 Å². The Morgan fingerprint density at radius 3 is 2.62 bits per heavy atom. The number of anilines is 1. The van der Waals surface area contributed by atoms with Gasteiger partial charge in [0.25, 0.3) is 5.56 Å². The lowest BCUT2D eigenvalue weighted by atomic mass is 10.0. The third-order valence-electron chi connectivity index (χ3n) is 6.45. The van der Waals surface area contributed by atoms with Crippen LogP contribution in [0.5, 0.6) is 0 Å². The molecule has 1 N–H and O–H groups in total. The molecule has 4 aromatic rings. The lowest BCUT2D eigenvalue weighted by Gasteiger charge is -2.29. The van der Waals surface area contributed by atoms with Crippen molar-refractivity contribution in [1.82, 2.24) is 24.4 Å². The first-order chi connectivity index (χ1) is 16.5. The number of benzene rings is 1. The van der Waals surface area contributed by atoms with Crippen LogP contribution in [0, 0.1) is 0 Å². The monoisotopic (exact) mass is 474 g/mol. The average molecular weight is 475 g/mol. The fourth-order valence-corrected chi connectivity index (χ4v) is 4.78. The molecule has 1 aliphatic heterocycles. The summed E-state index contributed by atoms with van der Waals surface area (Å²) in [6, 6.07) is 11.8. The molecule has 0 unspecified atom stereocenters. The van der Waals surface area contributed by atoms with Gasteiger partial charge in [0.2, 0.25) is 5.95 Å². The first-order valence-corrected chi connectivity index (χ1v) is 12.0. The van der Waals surface area contributed by atoms with Crippen LogP contribution >= 0.6 is 11.6 Å². The van der Waals surface area contributed by atoms with E-state index in [4.69, 9.17) is 16.6 Å². The van der Waals surface area contributed by atoms with E-state index in [2.05, 4.69) is 27.2 Å². The zero-order valence-corrected chi connectivity index (χ0v) is 20.1. The molecule has 5 rings (SSSR count). The number of aryl methyl sites for hydroxylation is 1. The summed E-state index contributed by atoms with van der Waals surface area (Å²) >= 11 is 6.66. The number of nitrogens with zero attached hydrogens (tertiary/aromatic N) is 5. The van der Waals surface area contributed by atoms with Crippen molar-refractivity contribution in [3.8, 4) is 22.3 Å². The third kappa shape index (κ3) is 4.41. The minimum absolute atomic E-state index is 0.116. The van der Waals surface area contributed by atoms with Gasteiger partial charge in [-0.05, 0) is 63.7 Å². The molecule has 174 valence electrons. The van der Waals surface area contributed by atoms with Crippen molar-refractivity contribution in [1.29, 1.82) is 0 Å². The molecule has 0 radical (unpaired) electrons. The number of rotatable bonds is 5. The molecule has 7 nitrogen and oxygen atoms in total. The standard InChI is InChI=1S/C26H27ClN6O/c1-3-33-24-19(16-29-26(31-24)30-20-8-11-32(2)12-9-20)13-22(25(33)34)21-7-6-17(14-23(21)27)18-5-4-10-28-15-18/h4-7,10,13-16,20H,3,8-9,11-12H2,1-2H3,(H,29,30,31). The zero-order valence-electron chi connectivity index (χ0n) is 19.3. The first-order valence-electron chi connectivity index (χ1n) is 11.6. The van der Waals surface area contributed by atoms with E-state index in [0.717, 1.165) is 42.4 Å². The van der Waals surface area contributed by atoms with Gasteiger partial charge in [0.1, 0.15) is 5.65 Å². The van der Waals surface area contributed by atoms with Gasteiger partial charge in [0, 0.05) is 58.3 Å². The van der Waals surface area contributed by atoms with Crippen LogP contribution in [0.3, 0.4) is 0 Å². The van der Waals surface area contributed by atoms with Crippen LogP contribution in [0.4, 0.5) is 5.95 Å². The molecule has 0 spiro atoms. The quantitative estimate of drug-likeness (QED) is 0.452. The van der Waals surface area contributed by atoms with E-state index in [1.165, 1.54) is 0 Å². The molecule has 1 aliphatic rings. The number of pyridine rings is 2. The van der Waals surface area contributed by atoms with Gasteiger partial charge in [0.05, 0.1) is 0 Å². The van der Waals surface area contributed by atoms with E-state index in [1.807, 2.05) is 43.3 Å². The van der Waals surface area contributed by atoms with Crippen LogP contribution in [-0.2, 0) is 6.54 Å². The smallest absolute Gasteiger partial charge is 0.260 e. The van der Waals surface area contributed by atoms with Crippen LogP contribution in [-0.4, -0.2) is 50.6 Å². The molecule has 34 heavy (non-hydrogen) atoms. The molecule has 0 atom stereocenters. The summed E-state index contributed by atoms with van der Waals surface area (Å²) in [4.78, 5) is 29.2. The van der Waals surface area contributed by atoms with E-state index in [0.29, 0.717) is 40.3 Å². The fourth-order valence-electron chi connectivity index (χ4n) is 4.50. The fraction of sp³-hybridized carbons (Fsp3) is 0.308. The van der Waals surface area contributed by atoms with Gasteiger partial charge in [-0.3, -0.25) is 14.3 Å². The predicted molar refractivity (Wildman–Crippen MR) is 137 cm³/mol. The highest BCUT2D eigenvalue weighted by molar-refractivity contribution is 6.33. The van der Waals surface area contributed by atoms with E-state index in [-0.39, 0.29) is 5.56 Å². The van der Waals surface area contributed by atoms with Crippen LogP contribution in [0.1, 0.15) is 19.8 Å². The van der Waals surface area contributed by atoms with Crippen molar-refractivity contribution in [2.75, 3.05) is 25.5 Å². The maximum absolute atomic E-state index is 13.5. The highest BCUT2D eigenvalue weighted by Crippen LogP contribution is 2.32. The number of piperidine rings is 1. The van der Waals surface area contributed by atoms with Crippen molar-refractivity contribution in [2.24, 2.45) is 0 Å². The molecular weight excluding hydrogens is 448 g/mol. The Balaban J connectivity index is 1.52. The number of fused-ring (bicyclic) bond motifs is 1. The van der Waals surface area contributed by atoms with Crippen molar-refractivity contribution < 1.29 is 0 Å². The Bertz CT molecular complexity index is 1380. The third-order valence-corrected chi connectivity index (χ3v) is 6.76. The van der Waals surface area contributed by atoms with Gasteiger partial charge < -0.3 is 10.2 Å². The van der Waals surface area contributed by atoms with Crippen molar-refractivity contribution in [3.63, 3.8) is 0 Å². The van der Waals surface area contributed by atoms with E-state index < -0.39 is 0 Å². The summed E-state index contributed by atoms with van der Waals surface area (Å²) in [5, 5.41) is 4.77. The summed E-state index contributed by atoms with van der Waals surface area (Å²) in [5.74, 6) is 0.565. The Morgan fingerprint density at radius 2 is 1.91 bits per heavy atom. The molecule has 0 bridgehead atoms. The molecule has 0 aliphatic carbocycles. The molecule has 0 amide bonds. The molecule has 0 saturated carbocycles. The maximum Gasteiger partial charge on any atom is 0.260 e. The Morgan fingerprint density at radius 1 is 1.09 bits per heavy atom. The second-order valence-electron chi connectivity index (χ2n) is 8.74. The number of aromatic nitrogens is 4. The molecule has 8 heteroatoms. The molecule has 1 fully saturated rings. The SMILES string of the molecule is CCn1c(=O)c(-c2ccc(-c3cccnc3)cc2Cl)cc2cnc(NC3CCN(C)CC3)nc21. The van der Waals surface area contributed by atoms with Crippen molar-refractivity contribution in [3.05, 3.63) is 70.4 Å². The van der Waals surface area contributed by atoms with Gasteiger partial charge in [-0.1, -0.05) is 29.8 Å². The van der Waals surface area contributed by atoms with Crippen LogP contribution in [0.2, 0.25) is 5.02 Å². The van der Waals surface area contributed by atoms with Gasteiger partial charge in [-0.15, -0.1) is 0 Å². The lowest BCUT2D eigenvalue weighted by Crippen LogP contribution is -2.37. The molecule has 3 aromatic heterocycles. The summed E-state index contributed by atoms with van der Waals surface area (Å²) in [6.45, 7) is 4.55. The average Bonchev–Trinajstić information content (AvgIpc) is 2.86. The molecule has 1 saturated heterocycles. The normalized spacial score (nSPS) is 15.0. The van der Waals surface area contributed by atoms with Crippen molar-refractivity contribution >= 4 is 28.6 Å².